The third-order valence-electron chi connectivity index (χ3n) is 4.43. The molecule has 0 spiro atoms. The van der Waals surface area contributed by atoms with E-state index in [4.69, 9.17) is 5.73 Å². The number of benzene rings is 1. The molecular formula is C17H25N3O2. The van der Waals surface area contributed by atoms with Crippen molar-refractivity contribution in [3.05, 3.63) is 35.9 Å². The first-order chi connectivity index (χ1) is 10.6. The number of primary amides is 1. The maximum absolute atomic E-state index is 11.6. The van der Waals surface area contributed by atoms with E-state index in [9.17, 15) is 9.59 Å². The molecule has 1 aliphatic heterocycles. The van der Waals surface area contributed by atoms with Crippen LogP contribution in [0.15, 0.2) is 30.3 Å². The zero-order chi connectivity index (χ0) is 15.9. The van der Waals surface area contributed by atoms with Crippen molar-refractivity contribution in [2.24, 2.45) is 5.73 Å². The molecule has 2 atom stereocenters. The SMILES string of the molecule is CC[C@H](c1ccccc1)[C@H]1CCCN1CCC(=O)NC(N)=O. The van der Waals surface area contributed by atoms with Crippen molar-refractivity contribution in [2.45, 2.75) is 44.6 Å². The van der Waals surface area contributed by atoms with E-state index in [2.05, 4.69) is 41.4 Å². The zero-order valence-electron chi connectivity index (χ0n) is 13.1. The highest BCUT2D eigenvalue weighted by Crippen LogP contribution is 2.33. The van der Waals surface area contributed by atoms with Gasteiger partial charge in [-0.2, -0.15) is 0 Å². The van der Waals surface area contributed by atoms with Crippen LogP contribution in [0.1, 0.15) is 44.1 Å². The van der Waals surface area contributed by atoms with Gasteiger partial charge in [0.25, 0.3) is 0 Å². The fourth-order valence-corrected chi connectivity index (χ4v) is 3.46. The third kappa shape index (κ3) is 4.31. The number of likely N-dealkylation sites (tertiary alicyclic amines) is 1. The lowest BCUT2D eigenvalue weighted by atomic mass is 9.87. The summed E-state index contributed by atoms with van der Waals surface area (Å²) in [4.78, 5) is 24.7. The number of nitrogens with zero attached hydrogens (tertiary/aromatic N) is 1. The van der Waals surface area contributed by atoms with Gasteiger partial charge in [0.15, 0.2) is 0 Å². The summed E-state index contributed by atoms with van der Waals surface area (Å²) in [5, 5.41) is 2.13. The average Bonchev–Trinajstić information content (AvgIpc) is 2.95. The van der Waals surface area contributed by atoms with E-state index >= 15 is 0 Å². The fraction of sp³-hybridized carbons (Fsp3) is 0.529. The predicted octanol–water partition coefficient (Wildman–Crippen LogP) is 2.23. The summed E-state index contributed by atoms with van der Waals surface area (Å²) in [6.07, 6.45) is 3.71. The van der Waals surface area contributed by atoms with Crippen molar-refractivity contribution < 1.29 is 9.59 Å². The summed E-state index contributed by atoms with van der Waals surface area (Å²) < 4.78 is 0. The third-order valence-corrected chi connectivity index (χ3v) is 4.43. The second-order valence-electron chi connectivity index (χ2n) is 5.83. The molecule has 1 aliphatic rings. The number of amides is 3. The normalized spacial score (nSPS) is 19.8. The monoisotopic (exact) mass is 303 g/mol. The number of nitrogens with two attached hydrogens (primary N) is 1. The minimum Gasteiger partial charge on any atom is -0.351 e. The van der Waals surface area contributed by atoms with Crippen molar-refractivity contribution in [2.75, 3.05) is 13.1 Å². The average molecular weight is 303 g/mol. The van der Waals surface area contributed by atoms with Gasteiger partial charge in [0.1, 0.15) is 0 Å². The number of rotatable bonds is 6. The molecule has 22 heavy (non-hydrogen) atoms. The van der Waals surface area contributed by atoms with Crippen molar-refractivity contribution in [1.82, 2.24) is 10.2 Å². The van der Waals surface area contributed by atoms with Gasteiger partial charge in [-0.25, -0.2) is 4.79 Å². The van der Waals surface area contributed by atoms with Gasteiger partial charge in [-0.05, 0) is 37.3 Å². The minimum absolute atomic E-state index is 0.300. The molecule has 1 saturated heterocycles. The second kappa shape index (κ2) is 7.94. The maximum atomic E-state index is 11.6. The number of carbonyl (C=O) groups is 2. The molecule has 1 fully saturated rings. The quantitative estimate of drug-likeness (QED) is 0.846. The Morgan fingerprint density at radius 3 is 2.73 bits per heavy atom. The van der Waals surface area contributed by atoms with Crippen molar-refractivity contribution >= 4 is 11.9 Å². The highest BCUT2D eigenvalue weighted by atomic mass is 16.2. The molecule has 0 aliphatic carbocycles. The van der Waals surface area contributed by atoms with E-state index in [1.54, 1.807) is 0 Å². The van der Waals surface area contributed by atoms with E-state index in [1.807, 2.05) is 6.07 Å². The lowest BCUT2D eigenvalue weighted by molar-refractivity contribution is -0.120. The van der Waals surface area contributed by atoms with E-state index < -0.39 is 6.03 Å². The summed E-state index contributed by atoms with van der Waals surface area (Å²) in [6, 6.07) is 10.3. The van der Waals surface area contributed by atoms with Crippen molar-refractivity contribution in [1.29, 1.82) is 0 Å². The number of urea groups is 1. The number of carbonyl (C=O) groups excluding carboxylic acids is 2. The van der Waals surface area contributed by atoms with Crippen LogP contribution in [0.4, 0.5) is 4.79 Å². The molecule has 0 saturated carbocycles. The number of nitrogens with one attached hydrogen (secondary N) is 1. The van der Waals surface area contributed by atoms with E-state index in [1.165, 1.54) is 5.56 Å². The summed E-state index contributed by atoms with van der Waals surface area (Å²) in [5.74, 6) is 0.189. The Bertz CT molecular complexity index is 504. The van der Waals surface area contributed by atoms with Gasteiger partial charge < -0.3 is 5.73 Å². The predicted molar refractivity (Wildman–Crippen MR) is 86.4 cm³/mol. The van der Waals surface area contributed by atoms with E-state index in [0.29, 0.717) is 24.9 Å². The van der Waals surface area contributed by atoms with Crippen LogP contribution >= 0.6 is 0 Å². The van der Waals surface area contributed by atoms with Gasteiger partial charge >= 0.3 is 6.03 Å². The molecule has 2 rings (SSSR count). The van der Waals surface area contributed by atoms with Gasteiger partial charge in [0.2, 0.25) is 5.91 Å². The molecular weight excluding hydrogens is 278 g/mol. The van der Waals surface area contributed by atoms with Gasteiger partial charge in [-0.15, -0.1) is 0 Å². The molecule has 1 aromatic carbocycles. The molecule has 1 heterocycles. The van der Waals surface area contributed by atoms with Crippen LogP contribution in [0.3, 0.4) is 0 Å². The van der Waals surface area contributed by atoms with Crippen LogP contribution in [0, 0.1) is 0 Å². The van der Waals surface area contributed by atoms with Crippen LogP contribution < -0.4 is 11.1 Å². The Kier molecular flexibility index (Phi) is 5.95. The van der Waals surface area contributed by atoms with Crippen LogP contribution in [0.5, 0.6) is 0 Å². The van der Waals surface area contributed by atoms with Crippen LogP contribution in [-0.4, -0.2) is 36.0 Å². The Morgan fingerprint density at radius 1 is 1.36 bits per heavy atom. The van der Waals surface area contributed by atoms with E-state index in [0.717, 1.165) is 25.8 Å². The second-order valence-corrected chi connectivity index (χ2v) is 5.83. The Balaban J connectivity index is 1.97. The Morgan fingerprint density at radius 2 is 2.09 bits per heavy atom. The lowest BCUT2D eigenvalue weighted by Gasteiger charge is -2.31. The molecule has 3 amide bonds. The number of hydrogen-bond acceptors (Lipinski definition) is 3. The summed E-state index contributed by atoms with van der Waals surface area (Å²) >= 11 is 0. The summed E-state index contributed by atoms with van der Waals surface area (Å²) in [6.45, 7) is 3.90. The number of hydrogen-bond donors (Lipinski definition) is 2. The highest BCUT2D eigenvalue weighted by Gasteiger charge is 2.31. The number of imide groups is 1. The molecule has 120 valence electrons. The van der Waals surface area contributed by atoms with Crippen LogP contribution in [-0.2, 0) is 4.79 Å². The first-order valence-electron chi connectivity index (χ1n) is 8.00. The molecule has 0 bridgehead atoms. The lowest BCUT2D eigenvalue weighted by Crippen LogP contribution is -2.40. The van der Waals surface area contributed by atoms with Gasteiger partial charge in [0, 0.05) is 19.0 Å². The van der Waals surface area contributed by atoms with Crippen LogP contribution in [0.25, 0.3) is 0 Å². The summed E-state index contributed by atoms with van der Waals surface area (Å²) in [7, 11) is 0. The molecule has 3 N–H and O–H groups in total. The molecule has 0 radical (unpaired) electrons. The summed E-state index contributed by atoms with van der Waals surface area (Å²) in [5.41, 5.74) is 6.33. The fourth-order valence-electron chi connectivity index (χ4n) is 3.46. The Hall–Kier alpha value is -1.88. The smallest absolute Gasteiger partial charge is 0.318 e. The largest absolute Gasteiger partial charge is 0.351 e. The van der Waals surface area contributed by atoms with Crippen LogP contribution in [0.2, 0.25) is 0 Å². The van der Waals surface area contributed by atoms with Gasteiger partial charge in [-0.3, -0.25) is 15.0 Å². The maximum Gasteiger partial charge on any atom is 0.318 e. The Labute approximate surface area is 131 Å². The molecule has 1 aromatic rings. The molecule has 0 unspecified atom stereocenters. The first kappa shape index (κ1) is 16.5. The van der Waals surface area contributed by atoms with Crippen molar-refractivity contribution in [3.8, 4) is 0 Å². The van der Waals surface area contributed by atoms with Gasteiger partial charge in [-0.1, -0.05) is 37.3 Å². The zero-order valence-corrected chi connectivity index (χ0v) is 13.1. The standard InChI is InChI=1S/C17H25N3O2/c1-2-14(13-7-4-3-5-8-13)15-9-6-11-20(15)12-10-16(21)19-17(18)22/h3-5,7-8,14-15H,2,6,9-12H2,1H3,(H3,18,19,21,22)/t14-,15-/m1/s1. The molecule has 5 nitrogen and oxygen atoms in total. The molecule has 5 heteroatoms. The highest BCUT2D eigenvalue weighted by molar-refractivity contribution is 5.93. The van der Waals surface area contributed by atoms with Crippen molar-refractivity contribution in [3.63, 3.8) is 0 Å². The first-order valence-corrected chi connectivity index (χ1v) is 8.00. The topological polar surface area (TPSA) is 75.4 Å². The van der Waals surface area contributed by atoms with Gasteiger partial charge in [0.05, 0.1) is 0 Å². The molecule has 0 aromatic heterocycles. The van der Waals surface area contributed by atoms with E-state index in [-0.39, 0.29) is 5.91 Å². The minimum atomic E-state index is -0.779.